The van der Waals surface area contributed by atoms with Crippen molar-refractivity contribution >= 4 is 28.7 Å². The van der Waals surface area contributed by atoms with Crippen LogP contribution in [-0.2, 0) is 6.42 Å². The monoisotopic (exact) mass is 280 g/mol. The smallest absolute Gasteiger partial charge is 0.169 e. The number of rotatable bonds is 1. The van der Waals surface area contributed by atoms with E-state index < -0.39 is 0 Å². The minimum absolute atomic E-state index is 0.432. The first-order valence-corrected chi connectivity index (χ1v) is 8.18. The molecule has 2 aliphatic rings. The van der Waals surface area contributed by atoms with E-state index in [2.05, 4.69) is 28.6 Å². The molecule has 1 aromatic heterocycles. The van der Waals surface area contributed by atoms with Crippen LogP contribution in [0.15, 0.2) is 11.4 Å². The van der Waals surface area contributed by atoms with Gasteiger partial charge in [-0.2, -0.15) is 0 Å². The van der Waals surface area contributed by atoms with E-state index in [0.717, 1.165) is 18.1 Å². The molecule has 98 valence electrons. The van der Waals surface area contributed by atoms with E-state index in [1.807, 2.05) is 11.3 Å². The van der Waals surface area contributed by atoms with Crippen LogP contribution in [0.1, 0.15) is 49.1 Å². The van der Waals surface area contributed by atoms with Gasteiger partial charge in [-0.15, -0.1) is 11.3 Å². The van der Waals surface area contributed by atoms with Gasteiger partial charge in [0.25, 0.3) is 0 Å². The third-order valence-electron chi connectivity index (χ3n) is 4.22. The summed E-state index contributed by atoms with van der Waals surface area (Å²) < 4.78 is 0. The summed E-state index contributed by atoms with van der Waals surface area (Å²) in [5.41, 5.74) is 1.47. The van der Waals surface area contributed by atoms with Gasteiger partial charge in [-0.3, -0.25) is 0 Å². The van der Waals surface area contributed by atoms with E-state index in [-0.39, 0.29) is 0 Å². The molecule has 1 unspecified atom stereocenters. The Morgan fingerprint density at radius 1 is 1.44 bits per heavy atom. The average molecular weight is 280 g/mol. The quantitative estimate of drug-likeness (QED) is 0.793. The summed E-state index contributed by atoms with van der Waals surface area (Å²) in [6.45, 7) is 3.33. The largest absolute Gasteiger partial charge is 0.360 e. The predicted octanol–water partition coefficient (Wildman–Crippen LogP) is 3.48. The molecule has 0 amide bonds. The first-order chi connectivity index (χ1) is 8.75. The molecular formula is C14H20N2S2. The number of fused-ring (bicyclic) bond motifs is 1. The third-order valence-corrected chi connectivity index (χ3v) is 5.57. The lowest BCUT2D eigenvalue weighted by atomic mass is 10.0. The Morgan fingerprint density at radius 3 is 3.00 bits per heavy atom. The van der Waals surface area contributed by atoms with Crippen molar-refractivity contribution in [2.75, 3.05) is 6.54 Å². The zero-order valence-electron chi connectivity index (χ0n) is 10.8. The van der Waals surface area contributed by atoms with Crippen LogP contribution >= 0.6 is 23.6 Å². The lowest BCUT2D eigenvalue weighted by molar-refractivity contribution is 0.313. The average Bonchev–Trinajstić information content (AvgIpc) is 2.99. The summed E-state index contributed by atoms with van der Waals surface area (Å²) in [6.07, 6.45) is 6.41. The van der Waals surface area contributed by atoms with Crippen LogP contribution in [0, 0.1) is 0 Å². The zero-order valence-corrected chi connectivity index (χ0v) is 12.4. The second-order valence-electron chi connectivity index (χ2n) is 5.35. The van der Waals surface area contributed by atoms with Crippen LogP contribution in [0.25, 0.3) is 0 Å². The Labute approximate surface area is 118 Å². The van der Waals surface area contributed by atoms with Crippen molar-refractivity contribution in [3.63, 3.8) is 0 Å². The molecule has 0 radical (unpaired) electrons. The van der Waals surface area contributed by atoms with Crippen molar-refractivity contribution in [3.8, 4) is 0 Å². The third kappa shape index (κ3) is 2.28. The highest BCUT2D eigenvalue weighted by Crippen LogP contribution is 2.33. The Morgan fingerprint density at radius 2 is 2.22 bits per heavy atom. The van der Waals surface area contributed by atoms with Gasteiger partial charge in [-0.25, -0.2) is 0 Å². The fourth-order valence-electron chi connectivity index (χ4n) is 3.11. The number of nitrogens with zero attached hydrogens (tertiary/aromatic N) is 1. The van der Waals surface area contributed by atoms with E-state index in [4.69, 9.17) is 12.2 Å². The Kier molecular flexibility index (Phi) is 3.57. The van der Waals surface area contributed by atoms with Gasteiger partial charge in [0.1, 0.15) is 0 Å². The summed E-state index contributed by atoms with van der Waals surface area (Å²) in [5, 5.41) is 6.73. The standard InChI is InChI=1S/C14H20N2S2/c1-10-12-7-9-18-13(12)6-8-16(10)14(17)15-11-4-2-3-5-11/h7,9-11H,2-6,8H2,1H3,(H,15,17). The van der Waals surface area contributed by atoms with Gasteiger partial charge < -0.3 is 10.2 Å². The Bertz CT molecular complexity index is 435. The van der Waals surface area contributed by atoms with E-state index in [9.17, 15) is 0 Å². The first kappa shape index (κ1) is 12.4. The molecule has 0 saturated heterocycles. The van der Waals surface area contributed by atoms with Crippen LogP contribution in [0.5, 0.6) is 0 Å². The number of nitrogens with one attached hydrogen (secondary N) is 1. The highest BCUT2D eigenvalue weighted by atomic mass is 32.1. The molecule has 4 heteroatoms. The minimum Gasteiger partial charge on any atom is -0.360 e. The molecular weight excluding hydrogens is 260 g/mol. The zero-order chi connectivity index (χ0) is 12.5. The van der Waals surface area contributed by atoms with Crippen molar-refractivity contribution in [1.29, 1.82) is 0 Å². The van der Waals surface area contributed by atoms with Gasteiger partial charge >= 0.3 is 0 Å². The van der Waals surface area contributed by atoms with E-state index in [1.54, 1.807) is 4.88 Å². The SMILES string of the molecule is CC1c2ccsc2CCN1C(=S)NC1CCCC1. The van der Waals surface area contributed by atoms with E-state index in [0.29, 0.717) is 12.1 Å². The number of thiophene rings is 1. The molecule has 0 bridgehead atoms. The number of hydrogen-bond acceptors (Lipinski definition) is 2. The summed E-state index contributed by atoms with van der Waals surface area (Å²) in [7, 11) is 0. The van der Waals surface area contributed by atoms with E-state index >= 15 is 0 Å². The Hall–Kier alpha value is -0.610. The molecule has 0 aromatic carbocycles. The van der Waals surface area contributed by atoms with Crippen molar-refractivity contribution < 1.29 is 0 Å². The minimum atomic E-state index is 0.432. The van der Waals surface area contributed by atoms with Gasteiger partial charge in [-0.05, 0) is 55.4 Å². The maximum absolute atomic E-state index is 5.61. The molecule has 2 heterocycles. The second-order valence-corrected chi connectivity index (χ2v) is 6.74. The predicted molar refractivity (Wildman–Crippen MR) is 81.1 cm³/mol. The van der Waals surface area contributed by atoms with Gasteiger partial charge in [0.05, 0.1) is 6.04 Å². The molecule has 2 nitrogen and oxygen atoms in total. The van der Waals surface area contributed by atoms with Crippen LogP contribution in [0.2, 0.25) is 0 Å². The first-order valence-electron chi connectivity index (χ1n) is 6.89. The van der Waals surface area contributed by atoms with Crippen LogP contribution < -0.4 is 5.32 Å². The van der Waals surface area contributed by atoms with E-state index in [1.165, 1.54) is 31.2 Å². The maximum Gasteiger partial charge on any atom is 0.169 e. The summed E-state index contributed by atoms with van der Waals surface area (Å²) in [6, 6.07) is 3.31. The summed E-state index contributed by atoms with van der Waals surface area (Å²) in [4.78, 5) is 3.91. The molecule has 1 aliphatic heterocycles. The molecule has 1 aromatic rings. The fraction of sp³-hybridized carbons (Fsp3) is 0.643. The maximum atomic E-state index is 5.61. The summed E-state index contributed by atoms with van der Waals surface area (Å²) in [5.74, 6) is 0. The molecule has 18 heavy (non-hydrogen) atoms. The Balaban J connectivity index is 1.68. The molecule has 1 aliphatic carbocycles. The highest BCUT2D eigenvalue weighted by Gasteiger charge is 2.27. The fourth-order valence-corrected chi connectivity index (χ4v) is 4.49. The summed E-state index contributed by atoms with van der Waals surface area (Å²) >= 11 is 7.49. The normalized spacial score (nSPS) is 24.1. The molecule has 1 fully saturated rings. The van der Waals surface area contributed by atoms with Crippen LogP contribution in [0.4, 0.5) is 0 Å². The van der Waals surface area contributed by atoms with Crippen molar-refractivity contribution in [3.05, 3.63) is 21.9 Å². The molecule has 1 saturated carbocycles. The molecule has 3 rings (SSSR count). The lowest BCUT2D eigenvalue weighted by Gasteiger charge is -2.36. The van der Waals surface area contributed by atoms with Crippen LogP contribution in [0.3, 0.4) is 0 Å². The van der Waals surface area contributed by atoms with Gasteiger partial charge in [0.2, 0.25) is 0 Å². The topological polar surface area (TPSA) is 15.3 Å². The van der Waals surface area contributed by atoms with Crippen LogP contribution in [-0.4, -0.2) is 22.6 Å². The van der Waals surface area contributed by atoms with Gasteiger partial charge in [0.15, 0.2) is 5.11 Å². The van der Waals surface area contributed by atoms with Gasteiger partial charge in [0, 0.05) is 17.5 Å². The highest BCUT2D eigenvalue weighted by molar-refractivity contribution is 7.80. The molecule has 1 atom stereocenters. The van der Waals surface area contributed by atoms with Crippen molar-refractivity contribution in [2.45, 2.75) is 51.1 Å². The molecule has 1 N–H and O–H groups in total. The second kappa shape index (κ2) is 5.17. The van der Waals surface area contributed by atoms with Crippen molar-refractivity contribution in [2.24, 2.45) is 0 Å². The lowest BCUT2D eigenvalue weighted by Crippen LogP contribution is -2.47. The molecule has 0 spiro atoms. The number of hydrogen-bond donors (Lipinski definition) is 1. The number of thiocarbonyl (C=S) groups is 1. The van der Waals surface area contributed by atoms with Crippen molar-refractivity contribution in [1.82, 2.24) is 10.2 Å². The van der Waals surface area contributed by atoms with Gasteiger partial charge in [-0.1, -0.05) is 12.8 Å².